The number of quaternary nitrogens is 1. The fraction of sp³-hybridized carbons (Fsp3) is 0. The predicted octanol–water partition coefficient (Wildman–Crippen LogP) is -2.00. The molecule has 0 saturated heterocycles. The predicted molar refractivity (Wildman–Crippen MR) is 34.3 cm³/mol. The Bertz CT molecular complexity index is 219. The lowest BCUT2D eigenvalue weighted by Gasteiger charge is -2.19. The average molecular weight is 142 g/mol. The van der Waals surface area contributed by atoms with Gasteiger partial charge >= 0.3 is 0 Å². The summed E-state index contributed by atoms with van der Waals surface area (Å²) in [6, 6.07) is 0. The van der Waals surface area contributed by atoms with Crippen LogP contribution in [0.25, 0.3) is 0 Å². The number of rotatable bonds is 0. The molecule has 1 rings (SSSR count). The average Bonchev–Trinajstić information content (AvgIpc) is 1.95. The summed E-state index contributed by atoms with van der Waals surface area (Å²) in [7, 11) is 0. The third-order valence-electron chi connectivity index (χ3n) is 1.01. The van der Waals surface area contributed by atoms with Crippen molar-refractivity contribution in [2.75, 3.05) is 0 Å². The number of hydrogen-bond donors (Lipinski definition) is 3. The van der Waals surface area contributed by atoms with Gasteiger partial charge in [-0.05, 0) is 5.16 Å². The zero-order valence-electron chi connectivity index (χ0n) is 4.98. The van der Waals surface area contributed by atoms with Gasteiger partial charge in [-0.2, -0.15) is 0 Å². The summed E-state index contributed by atoms with van der Waals surface area (Å²) in [5.41, 5.74) is 5.15. The summed E-state index contributed by atoms with van der Waals surface area (Å²) in [4.78, 5) is 3.54. The van der Waals surface area contributed by atoms with Crippen LogP contribution in [0, 0.1) is 5.21 Å². The van der Waals surface area contributed by atoms with E-state index in [4.69, 9.17) is 10.9 Å². The molecule has 4 N–H and O–H groups in total. The summed E-state index contributed by atoms with van der Waals surface area (Å²) in [5.74, 6) is -0.157. The Hall–Kier alpha value is -1.40. The van der Waals surface area contributed by atoms with Crippen molar-refractivity contribution in [3.63, 3.8) is 0 Å². The molecule has 0 aromatic carbocycles. The van der Waals surface area contributed by atoms with Crippen molar-refractivity contribution in [2.45, 2.75) is 0 Å². The molecule has 1 atom stereocenters. The number of amidine groups is 1. The van der Waals surface area contributed by atoms with Crippen molar-refractivity contribution in [1.29, 1.82) is 0 Å². The Labute approximate surface area is 56.5 Å². The van der Waals surface area contributed by atoms with E-state index >= 15 is 0 Å². The third kappa shape index (κ3) is 0.971. The highest BCUT2D eigenvalue weighted by Gasteiger charge is 2.12. The molecule has 0 aromatic heterocycles. The Morgan fingerprint density at radius 3 is 3.00 bits per heavy atom. The number of hydrogen-bond acceptors (Lipinski definition) is 5. The molecule has 1 aliphatic heterocycles. The van der Waals surface area contributed by atoms with E-state index in [1.54, 1.807) is 0 Å². The second-order valence-electron chi connectivity index (χ2n) is 1.68. The van der Waals surface area contributed by atoms with Gasteiger partial charge in [-0.3, -0.25) is 5.06 Å². The number of nitrogens with one attached hydrogen (secondary N) is 1. The van der Waals surface area contributed by atoms with E-state index in [1.165, 1.54) is 6.20 Å². The van der Waals surface area contributed by atoms with E-state index in [0.29, 0.717) is 0 Å². The molecule has 0 aromatic rings. The van der Waals surface area contributed by atoms with E-state index in [-0.39, 0.29) is 11.7 Å². The molecule has 54 valence electrons. The molecular weight excluding hydrogens is 136 g/mol. The van der Waals surface area contributed by atoms with Gasteiger partial charge in [0.05, 0.1) is 0 Å². The van der Waals surface area contributed by atoms with Gasteiger partial charge in [-0.1, -0.05) is 0 Å². The van der Waals surface area contributed by atoms with Gasteiger partial charge in [0.2, 0.25) is 5.82 Å². The second kappa shape index (κ2) is 2.46. The van der Waals surface area contributed by atoms with Crippen LogP contribution >= 0.6 is 0 Å². The molecule has 0 aliphatic carbocycles. The van der Waals surface area contributed by atoms with Crippen LogP contribution in [0.15, 0.2) is 22.2 Å². The zero-order valence-corrected chi connectivity index (χ0v) is 4.98. The third-order valence-corrected chi connectivity index (χ3v) is 1.01. The van der Waals surface area contributed by atoms with Gasteiger partial charge in [-0.15, -0.1) is 0 Å². The van der Waals surface area contributed by atoms with E-state index < -0.39 is 5.06 Å². The number of aliphatic imine (C=N–C) groups is 1. The summed E-state index contributed by atoms with van der Waals surface area (Å²) in [6.07, 6.45) is 2.34. The van der Waals surface area contributed by atoms with Crippen LogP contribution < -0.4 is 10.8 Å². The quantitative estimate of drug-likeness (QED) is 0.207. The molecule has 1 heterocycles. The summed E-state index contributed by atoms with van der Waals surface area (Å²) in [5, 5.41) is 21.1. The fourth-order valence-corrected chi connectivity index (χ4v) is 0.525. The van der Waals surface area contributed by atoms with Crippen molar-refractivity contribution < 1.29 is 10.3 Å². The summed E-state index contributed by atoms with van der Waals surface area (Å²) in [6.45, 7) is 0. The smallest absolute Gasteiger partial charge is 0.285 e. The van der Waals surface area contributed by atoms with E-state index in [2.05, 4.69) is 10.1 Å². The highest BCUT2D eigenvalue weighted by molar-refractivity contribution is 6.25. The van der Waals surface area contributed by atoms with Gasteiger partial charge in [0, 0.05) is 0 Å². The Kier molecular flexibility index (Phi) is 1.65. The molecule has 1 unspecified atom stereocenters. The Balaban J connectivity index is 2.89. The molecule has 0 radical (unpaired) electrons. The highest BCUT2D eigenvalue weighted by Crippen LogP contribution is 1.79. The molecule has 0 amide bonds. The molecule has 10 heavy (non-hydrogen) atoms. The fourth-order valence-electron chi connectivity index (χ4n) is 0.525. The Morgan fingerprint density at radius 1 is 1.80 bits per heavy atom. The van der Waals surface area contributed by atoms with Crippen LogP contribution in [0.1, 0.15) is 0 Å². The highest BCUT2D eigenvalue weighted by atomic mass is 16.5. The maximum atomic E-state index is 10.8. The number of hydroxylamine groups is 2. The molecule has 0 saturated carbocycles. The van der Waals surface area contributed by atoms with Crippen molar-refractivity contribution in [1.82, 2.24) is 0 Å². The molecule has 6 heteroatoms. The van der Waals surface area contributed by atoms with Gasteiger partial charge in [0.25, 0.3) is 5.84 Å². The molecule has 6 nitrogen and oxygen atoms in total. The lowest BCUT2D eigenvalue weighted by atomic mass is 10.5. The first-order valence-corrected chi connectivity index (χ1v) is 2.51. The lowest BCUT2D eigenvalue weighted by Crippen LogP contribution is -3.10. The maximum absolute atomic E-state index is 10.8. The van der Waals surface area contributed by atoms with Crippen LogP contribution in [-0.4, -0.2) is 17.3 Å². The van der Waals surface area contributed by atoms with Crippen LogP contribution in [0.5, 0.6) is 0 Å². The second-order valence-corrected chi connectivity index (χ2v) is 1.68. The normalized spacial score (nSPS) is 28.7. The lowest BCUT2D eigenvalue weighted by molar-refractivity contribution is -0.701. The molecular formula is C4H6N4O2. The number of oxime groups is 1. The van der Waals surface area contributed by atoms with Crippen molar-refractivity contribution in [3.05, 3.63) is 17.2 Å². The minimum absolute atomic E-state index is 0.0182. The molecule has 1 aliphatic rings. The summed E-state index contributed by atoms with van der Waals surface area (Å²) >= 11 is 0. The van der Waals surface area contributed by atoms with E-state index in [1.807, 2.05) is 0 Å². The number of nitrogens with zero attached hydrogens (tertiary/aromatic N) is 2. The van der Waals surface area contributed by atoms with Crippen LogP contribution in [0.2, 0.25) is 0 Å². The van der Waals surface area contributed by atoms with Crippen LogP contribution in [0.4, 0.5) is 0 Å². The largest absolute Gasteiger partial charge is 0.621 e. The van der Waals surface area contributed by atoms with Gasteiger partial charge in [0.15, 0.2) is 0 Å². The maximum Gasteiger partial charge on any atom is 0.285 e. The molecule has 0 bridgehead atoms. The minimum Gasteiger partial charge on any atom is -0.621 e. The van der Waals surface area contributed by atoms with Crippen molar-refractivity contribution >= 4 is 12.1 Å². The first-order valence-electron chi connectivity index (χ1n) is 2.51. The van der Waals surface area contributed by atoms with Gasteiger partial charge < -0.3 is 16.1 Å². The van der Waals surface area contributed by atoms with Crippen molar-refractivity contribution in [2.24, 2.45) is 15.9 Å². The van der Waals surface area contributed by atoms with E-state index in [9.17, 15) is 5.21 Å². The monoisotopic (exact) mass is 142 g/mol. The topological polar surface area (TPSA) is 98.5 Å². The van der Waals surface area contributed by atoms with Crippen LogP contribution in [0.3, 0.4) is 0 Å². The standard InChI is InChI=1S/C4H6N4O2/c5-3-1-6-2-4(7-9)8(3)10/h1-2,8-9H,5H2. The first-order chi connectivity index (χ1) is 4.75. The zero-order chi connectivity index (χ0) is 7.56. The molecule has 0 fully saturated rings. The van der Waals surface area contributed by atoms with Crippen LogP contribution in [-0.2, 0) is 0 Å². The first kappa shape index (κ1) is 6.72. The van der Waals surface area contributed by atoms with Gasteiger partial charge in [-0.25, -0.2) is 4.99 Å². The SMILES string of the molecule is NC1=CN=CC(=NO)[NH+]1[O-]. The summed E-state index contributed by atoms with van der Waals surface area (Å²) < 4.78 is 0. The van der Waals surface area contributed by atoms with Crippen molar-refractivity contribution in [3.8, 4) is 0 Å². The Morgan fingerprint density at radius 2 is 2.50 bits per heavy atom. The van der Waals surface area contributed by atoms with Gasteiger partial charge in [0.1, 0.15) is 12.4 Å². The minimum atomic E-state index is -0.502. The number of nitrogens with two attached hydrogens (primary N) is 1. The van der Waals surface area contributed by atoms with E-state index in [0.717, 1.165) is 6.21 Å². The molecule has 0 spiro atoms.